The van der Waals surface area contributed by atoms with Crippen LogP contribution in [0.15, 0.2) is 36.4 Å². The van der Waals surface area contributed by atoms with Gasteiger partial charge in [-0.25, -0.2) is 0 Å². The fraction of sp³-hybridized carbons (Fsp3) is 0.667. The summed E-state index contributed by atoms with van der Waals surface area (Å²) < 4.78 is 41.1. The minimum atomic E-state index is -4.62. The summed E-state index contributed by atoms with van der Waals surface area (Å²) >= 11 is 0. The van der Waals surface area contributed by atoms with E-state index < -0.39 is 6.36 Å². The average Bonchev–Trinajstić information content (AvgIpc) is 2.67. The van der Waals surface area contributed by atoms with Crippen LogP contribution in [-0.2, 0) is 0 Å². The summed E-state index contributed by atoms with van der Waals surface area (Å²) in [6.07, 6.45) is 10.5. The monoisotopic (exact) mass is 392 g/mol. The molecular weight excluding hydrogens is 361 g/mol. The van der Waals surface area contributed by atoms with Crippen LogP contribution >= 0.6 is 0 Å². The molecule has 0 heterocycles. The van der Waals surface area contributed by atoms with Crippen molar-refractivity contribution in [2.45, 2.75) is 70.6 Å². The van der Waals surface area contributed by atoms with E-state index in [2.05, 4.69) is 23.8 Å². The first-order valence-electron chi connectivity index (χ1n) is 10.9. The van der Waals surface area contributed by atoms with E-state index in [1.807, 2.05) is 12.1 Å². The number of rotatable bonds is 3. The Kier molecular flexibility index (Phi) is 5.76. The molecule has 3 aliphatic carbocycles. The average molecular weight is 393 g/mol. The number of hydrogen-bond donors (Lipinski definition) is 0. The van der Waals surface area contributed by atoms with Gasteiger partial charge in [0.2, 0.25) is 0 Å². The van der Waals surface area contributed by atoms with Gasteiger partial charge >= 0.3 is 6.36 Å². The molecule has 28 heavy (non-hydrogen) atoms. The predicted molar refractivity (Wildman–Crippen MR) is 105 cm³/mol. The largest absolute Gasteiger partial charge is 0.573 e. The summed E-state index contributed by atoms with van der Waals surface area (Å²) in [4.78, 5) is 0. The van der Waals surface area contributed by atoms with Gasteiger partial charge < -0.3 is 4.74 Å². The standard InChI is InChI=1S/C24H31F3O/c1-2-3-16-4-12-22-19(14-16)5-6-20-15-18(9-13-23(20)22)17-7-10-21(11-8-17)28-24(25,26)27/h2-3,7-8,10-11,16,18-20,22-23H,4-6,9,12-15H2,1H3/t16-,18-,19-,20+,22+,23+/m1/s1. The van der Waals surface area contributed by atoms with Crippen molar-refractivity contribution in [1.82, 2.24) is 0 Å². The quantitative estimate of drug-likeness (QED) is 0.484. The molecule has 1 aromatic carbocycles. The van der Waals surface area contributed by atoms with Crippen molar-refractivity contribution < 1.29 is 17.9 Å². The number of allylic oxidation sites excluding steroid dienone is 2. The van der Waals surface area contributed by atoms with Gasteiger partial charge in [-0.3, -0.25) is 0 Å². The van der Waals surface area contributed by atoms with Gasteiger partial charge in [-0.15, -0.1) is 13.2 Å². The smallest absolute Gasteiger partial charge is 0.406 e. The molecule has 0 aliphatic heterocycles. The van der Waals surface area contributed by atoms with Crippen molar-refractivity contribution in [2.24, 2.45) is 29.6 Å². The van der Waals surface area contributed by atoms with Crippen molar-refractivity contribution in [3.8, 4) is 5.75 Å². The zero-order valence-corrected chi connectivity index (χ0v) is 16.6. The second-order valence-electron chi connectivity index (χ2n) is 9.15. The van der Waals surface area contributed by atoms with Gasteiger partial charge in [0, 0.05) is 0 Å². The van der Waals surface area contributed by atoms with Crippen molar-refractivity contribution in [3.63, 3.8) is 0 Å². The highest BCUT2D eigenvalue weighted by atomic mass is 19.4. The fourth-order valence-electron chi connectivity index (χ4n) is 6.52. The lowest BCUT2D eigenvalue weighted by molar-refractivity contribution is -0.274. The summed E-state index contributed by atoms with van der Waals surface area (Å²) in [5.41, 5.74) is 1.17. The normalized spacial score (nSPS) is 36.0. The Hall–Kier alpha value is -1.45. The van der Waals surface area contributed by atoms with Crippen molar-refractivity contribution in [2.75, 3.05) is 0 Å². The Morgan fingerprint density at radius 1 is 0.857 bits per heavy atom. The van der Waals surface area contributed by atoms with Crippen molar-refractivity contribution in [1.29, 1.82) is 0 Å². The van der Waals surface area contributed by atoms with Crippen LogP contribution in [0.2, 0.25) is 0 Å². The highest BCUT2D eigenvalue weighted by Gasteiger charge is 2.44. The second kappa shape index (κ2) is 8.12. The van der Waals surface area contributed by atoms with E-state index in [9.17, 15) is 13.2 Å². The second-order valence-corrected chi connectivity index (χ2v) is 9.15. The Balaban J connectivity index is 1.37. The van der Waals surface area contributed by atoms with Crippen molar-refractivity contribution in [3.05, 3.63) is 42.0 Å². The van der Waals surface area contributed by atoms with Gasteiger partial charge in [-0.2, -0.15) is 0 Å². The van der Waals surface area contributed by atoms with E-state index in [0.717, 1.165) is 29.6 Å². The molecule has 6 atom stereocenters. The molecular formula is C24H31F3O. The van der Waals surface area contributed by atoms with E-state index in [4.69, 9.17) is 0 Å². The number of ether oxygens (including phenoxy) is 1. The molecule has 0 bridgehead atoms. The molecule has 3 saturated carbocycles. The molecule has 0 amide bonds. The third-order valence-electron chi connectivity index (χ3n) is 7.63. The van der Waals surface area contributed by atoms with Crippen molar-refractivity contribution >= 4 is 0 Å². The van der Waals surface area contributed by atoms with Crippen LogP contribution in [0.5, 0.6) is 5.75 Å². The predicted octanol–water partition coefficient (Wildman–Crippen LogP) is 7.49. The highest BCUT2D eigenvalue weighted by Crippen LogP contribution is 2.54. The molecule has 0 spiro atoms. The maximum Gasteiger partial charge on any atom is 0.573 e. The van der Waals surface area contributed by atoms with Crippen LogP contribution in [0.25, 0.3) is 0 Å². The highest BCUT2D eigenvalue weighted by molar-refractivity contribution is 5.30. The molecule has 154 valence electrons. The van der Waals surface area contributed by atoms with E-state index in [-0.39, 0.29) is 5.75 Å². The Morgan fingerprint density at radius 3 is 2.14 bits per heavy atom. The number of halogens is 3. The molecule has 0 saturated heterocycles. The molecule has 0 N–H and O–H groups in total. The van der Waals surface area contributed by atoms with E-state index >= 15 is 0 Å². The summed E-state index contributed by atoms with van der Waals surface area (Å²) in [6, 6.07) is 6.60. The molecule has 1 aromatic rings. The molecule has 0 aromatic heterocycles. The topological polar surface area (TPSA) is 9.23 Å². The lowest BCUT2D eigenvalue weighted by Gasteiger charge is -2.50. The van der Waals surface area contributed by atoms with Crippen LogP contribution in [0, 0.1) is 29.6 Å². The third-order valence-corrected chi connectivity index (χ3v) is 7.63. The van der Waals surface area contributed by atoms with E-state index in [1.54, 1.807) is 0 Å². The van der Waals surface area contributed by atoms with Gasteiger partial charge in [0.05, 0.1) is 0 Å². The van der Waals surface area contributed by atoms with Gasteiger partial charge in [-0.05, 0) is 111 Å². The van der Waals surface area contributed by atoms with Crippen LogP contribution in [0.4, 0.5) is 13.2 Å². The Morgan fingerprint density at radius 2 is 1.50 bits per heavy atom. The fourth-order valence-corrected chi connectivity index (χ4v) is 6.52. The first-order valence-corrected chi connectivity index (χ1v) is 10.9. The Bertz CT molecular complexity index is 678. The number of hydrogen-bond acceptors (Lipinski definition) is 1. The first-order chi connectivity index (χ1) is 13.4. The van der Waals surface area contributed by atoms with Gasteiger partial charge in [0.15, 0.2) is 0 Å². The van der Waals surface area contributed by atoms with Crippen LogP contribution in [0.3, 0.4) is 0 Å². The van der Waals surface area contributed by atoms with Crippen LogP contribution in [-0.4, -0.2) is 6.36 Å². The third kappa shape index (κ3) is 4.41. The van der Waals surface area contributed by atoms with E-state index in [0.29, 0.717) is 5.92 Å². The lowest BCUT2D eigenvalue weighted by Crippen LogP contribution is -2.41. The lowest BCUT2D eigenvalue weighted by atomic mass is 9.55. The maximum atomic E-state index is 12.4. The summed E-state index contributed by atoms with van der Waals surface area (Å²) in [6.45, 7) is 2.13. The summed E-state index contributed by atoms with van der Waals surface area (Å²) in [5.74, 6) is 4.63. The number of fused-ring (bicyclic) bond motifs is 3. The molecule has 4 heteroatoms. The first kappa shape index (κ1) is 19.8. The number of alkyl halides is 3. The number of benzene rings is 1. The minimum Gasteiger partial charge on any atom is -0.406 e. The summed E-state index contributed by atoms with van der Waals surface area (Å²) in [7, 11) is 0. The van der Waals surface area contributed by atoms with E-state index in [1.165, 1.54) is 69.1 Å². The maximum absolute atomic E-state index is 12.4. The SMILES string of the molecule is CC=C[C@@H]1CC[C@H]2[C@H](CC[C@H]3C[C@H](c4ccc(OC(F)(F)F)cc4)CC[C@@H]32)C1. The zero-order valence-electron chi connectivity index (χ0n) is 16.6. The molecule has 0 radical (unpaired) electrons. The molecule has 3 fully saturated rings. The molecule has 1 nitrogen and oxygen atoms in total. The van der Waals surface area contributed by atoms with Gasteiger partial charge in [0.1, 0.15) is 5.75 Å². The molecule has 4 rings (SSSR count). The van der Waals surface area contributed by atoms with Crippen LogP contribution in [0.1, 0.15) is 69.8 Å². The Labute approximate surface area is 166 Å². The molecule has 0 unspecified atom stereocenters. The van der Waals surface area contributed by atoms with Gasteiger partial charge in [0.25, 0.3) is 0 Å². The summed E-state index contributed by atoms with van der Waals surface area (Å²) in [5, 5.41) is 0. The van der Waals surface area contributed by atoms with Gasteiger partial charge in [-0.1, -0.05) is 24.3 Å². The zero-order chi connectivity index (χ0) is 19.7. The molecule has 3 aliphatic rings. The minimum absolute atomic E-state index is 0.122. The van der Waals surface area contributed by atoms with Crippen LogP contribution < -0.4 is 4.74 Å².